The third kappa shape index (κ3) is 2.49. The largest absolute Gasteiger partial charge is 0.345 e. The number of aryl methyl sites for hydroxylation is 1. The second-order valence-electron chi connectivity index (χ2n) is 5.39. The second-order valence-corrected chi connectivity index (χ2v) is 6.33. The van der Waals surface area contributed by atoms with Crippen LogP contribution in [0.15, 0.2) is 17.5 Å². The van der Waals surface area contributed by atoms with E-state index in [9.17, 15) is 4.79 Å². The Morgan fingerprint density at radius 1 is 1.48 bits per heavy atom. The van der Waals surface area contributed by atoms with Crippen LogP contribution < -0.4 is 5.73 Å². The predicted octanol–water partition coefficient (Wildman–Crippen LogP) is 1.97. The van der Waals surface area contributed by atoms with Crippen LogP contribution in [-0.4, -0.2) is 33.4 Å². The fourth-order valence-electron chi connectivity index (χ4n) is 2.89. The van der Waals surface area contributed by atoms with Gasteiger partial charge in [-0.25, -0.2) is 4.98 Å². The lowest BCUT2D eigenvalue weighted by Crippen LogP contribution is -2.41. The molecule has 112 valence electrons. The lowest BCUT2D eigenvalue weighted by atomic mass is 10.1. The van der Waals surface area contributed by atoms with Gasteiger partial charge < -0.3 is 15.2 Å². The molecule has 0 saturated heterocycles. The number of rotatable bonds is 3. The highest BCUT2D eigenvalue weighted by atomic mass is 32.1. The molecular weight excluding hydrogens is 284 g/mol. The number of thiazole rings is 1. The summed E-state index contributed by atoms with van der Waals surface area (Å²) in [6.45, 7) is 6.33. The van der Waals surface area contributed by atoms with E-state index in [1.165, 1.54) is 22.7 Å². The van der Waals surface area contributed by atoms with Crippen LogP contribution >= 0.6 is 11.3 Å². The highest BCUT2D eigenvalue weighted by Crippen LogP contribution is 2.28. The minimum atomic E-state index is 0.0205. The van der Waals surface area contributed by atoms with Crippen LogP contribution in [0.5, 0.6) is 0 Å². The number of nitrogens with two attached hydrogens (primary N) is 1. The molecule has 6 heteroatoms. The smallest absolute Gasteiger partial charge is 0.273 e. The molecule has 2 aromatic rings. The standard InChI is InChI=1S/C15H20N4OS/c1-10-3-4-13-11(2)19(8-7-18(10)13)15(20)12-9-21-14(17-12)5-6-16/h3-4,9,11H,5-8,16H2,1-2H3. The van der Waals surface area contributed by atoms with Crippen molar-refractivity contribution in [1.29, 1.82) is 0 Å². The molecule has 3 heterocycles. The normalized spacial score (nSPS) is 17.9. The fraction of sp³-hybridized carbons (Fsp3) is 0.467. The molecule has 3 rings (SSSR count). The lowest BCUT2D eigenvalue weighted by molar-refractivity contribution is 0.0637. The highest BCUT2D eigenvalue weighted by molar-refractivity contribution is 7.09. The summed E-state index contributed by atoms with van der Waals surface area (Å²) in [7, 11) is 0. The third-order valence-corrected chi connectivity index (χ3v) is 4.99. The van der Waals surface area contributed by atoms with Gasteiger partial charge >= 0.3 is 0 Å². The average molecular weight is 304 g/mol. The zero-order chi connectivity index (χ0) is 15.0. The first-order valence-corrected chi connectivity index (χ1v) is 8.11. The zero-order valence-electron chi connectivity index (χ0n) is 12.4. The molecule has 2 aromatic heterocycles. The highest BCUT2D eigenvalue weighted by Gasteiger charge is 2.30. The van der Waals surface area contributed by atoms with Gasteiger partial charge in [-0.15, -0.1) is 11.3 Å². The maximum absolute atomic E-state index is 12.7. The first-order chi connectivity index (χ1) is 10.1. The number of aromatic nitrogens is 2. The number of carbonyl (C=O) groups is 1. The lowest BCUT2D eigenvalue weighted by Gasteiger charge is -2.35. The summed E-state index contributed by atoms with van der Waals surface area (Å²) >= 11 is 1.51. The molecule has 1 unspecified atom stereocenters. The fourth-order valence-corrected chi connectivity index (χ4v) is 3.68. The molecule has 0 saturated carbocycles. The molecule has 1 aliphatic heterocycles. The van der Waals surface area contributed by atoms with Gasteiger partial charge in [0.2, 0.25) is 0 Å². The minimum absolute atomic E-state index is 0.0205. The topological polar surface area (TPSA) is 64.2 Å². The van der Waals surface area contributed by atoms with Crippen LogP contribution in [-0.2, 0) is 13.0 Å². The van der Waals surface area contributed by atoms with Gasteiger partial charge in [-0.2, -0.15) is 0 Å². The van der Waals surface area contributed by atoms with Gasteiger partial charge in [0.25, 0.3) is 5.91 Å². The van der Waals surface area contributed by atoms with E-state index in [-0.39, 0.29) is 11.9 Å². The Kier molecular flexibility index (Phi) is 3.82. The van der Waals surface area contributed by atoms with Crippen molar-refractivity contribution in [3.05, 3.63) is 39.6 Å². The average Bonchev–Trinajstić information content (AvgIpc) is 3.07. The first-order valence-electron chi connectivity index (χ1n) is 7.23. The van der Waals surface area contributed by atoms with E-state index in [1.54, 1.807) is 0 Å². The van der Waals surface area contributed by atoms with Crippen molar-refractivity contribution in [2.75, 3.05) is 13.1 Å². The minimum Gasteiger partial charge on any atom is -0.345 e. The monoisotopic (exact) mass is 304 g/mol. The Morgan fingerprint density at radius 3 is 3.05 bits per heavy atom. The molecule has 21 heavy (non-hydrogen) atoms. The Hall–Kier alpha value is -1.66. The van der Waals surface area contributed by atoms with E-state index in [4.69, 9.17) is 5.73 Å². The Labute approximate surface area is 128 Å². The Morgan fingerprint density at radius 2 is 2.29 bits per heavy atom. The van der Waals surface area contributed by atoms with Crippen molar-refractivity contribution in [2.45, 2.75) is 32.9 Å². The number of hydrogen-bond acceptors (Lipinski definition) is 4. The maximum Gasteiger partial charge on any atom is 0.273 e. The van der Waals surface area contributed by atoms with Crippen LogP contribution in [0.3, 0.4) is 0 Å². The number of amides is 1. The molecule has 0 radical (unpaired) electrons. The van der Waals surface area contributed by atoms with Crippen LogP contribution in [0.2, 0.25) is 0 Å². The van der Waals surface area contributed by atoms with Gasteiger partial charge in [-0.05, 0) is 32.5 Å². The van der Waals surface area contributed by atoms with E-state index >= 15 is 0 Å². The molecule has 0 bridgehead atoms. The summed E-state index contributed by atoms with van der Waals surface area (Å²) in [5.74, 6) is 0.0205. The molecular formula is C15H20N4OS. The van der Waals surface area contributed by atoms with E-state index in [0.717, 1.165) is 24.5 Å². The maximum atomic E-state index is 12.7. The summed E-state index contributed by atoms with van der Waals surface area (Å²) in [6, 6.07) is 4.31. The quantitative estimate of drug-likeness (QED) is 0.943. The first kappa shape index (κ1) is 14.3. The third-order valence-electron chi connectivity index (χ3n) is 4.08. The van der Waals surface area contributed by atoms with E-state index in [2.05, 4.69) is 35.5 Å². The summed E-state index contributed by atoms with van der Waals surface area (Å²) in [6.07, 6.45) is 0.732. The SMILES string of the molecule is Cc1ccc2n1CCN(C(=O)c1csc(CCN)n1)C2C. The van der Waals surface area contributed by atoms with Crippen LogP contribution in [0.1, 0.15) is 39.8 Å². The summed E-state index contributed by atoms with van der Waals surface area (Å²) in [5, 5.41) is 2.78. The van der Waals surface area contributed by atoms with Crippen molar-refractivity contribution in [3.8, 4) is 0 Å². The van der Waals surface area contributed by atoms with Gasteiger partial charge in [-0.3, -0.25) is 4.79 Å². The van der Waals surface area contributed by atoms with Gasteiger partial charge in [0, 0.05) is 36.3 Å². The van der Waals surface area contributed by atoms with E-state index < -0.39 is 0 Å². The molecule has 0 aromatic carbocycles. The summed E-state index contributed by atoms with van der Waals surface area (Å²) in [4.78, 5) is 19.0. The van der Waals surface area contributed by atoms with Gasteiger partial charge in [0.15, 0.2) is 0 Å². The predicted molar refractivity (Wildman–Crippen MR) is 83.5 cm³/mol. The van der Waals surface area contributed by atoms with Gasteiger partial charge in [0.1, 0.15) is 5.69 Å². The van der Waals surface area contributed by atoms with Gasteiger partial charge in [-0.1, -0.05) is 0 Å². The molecule has 1 aliphatic rings. The number of nitrogens with zero attached hydrogens (tertiary/aromatic N) is 3. The van der Waals surface area contributed by atoms with Crippen molar-refractivity contribution in [2.24, 2.45) is 5.73 Å². The van der Waals surface area contributed by atoms with Crippen molar-refractivity contribution in [3.63, 3.8) is 0 Å². The summed E-state index contributed by atoms with van der Waals surface area (Å²) in [5.41, 5.74) is 8.53. The van der Waals surface area contributed by atoms with E-state index in [0.29, 0.717) is 12.2 Å². The number of carbonyl (C=O) groups excluding carboxylic acids is 1. The molecule has 1 atom stereocenters. The molecule has 5 nitrogen and oxygen atoms in total. The molecule has 0 spiro atoms. The van der Waals surface area contributed by atoms with Crippen LogP contribution in [0.25, 0.3) is 0 Å². The van der Waals surface area contributed by atoms with E-state index in [1.807, 2.05) is 10.3 Å². The van der Waals surface area contributed by atoms with Crippen molar-refractivity contribution in [1.82, 2.24) is 14.5 Å². The molecule has 0 aliphatic carbocycles. The molecule has 1 amide bonds. The Balaban J connectivity index is 1.82. The summed E-state index contributed by atoms with van der Waals surface area (Å²) < 4.78 is 2.29. The second kappa shape index (κ2) is 5.61. The zero-order valence-corrected chi connectivity index (χ0v) is 13.2. The van der Waals surface area contributed by atoms with Crippen LogP contribution in [0, 0.1) is 6.92 Å². The van der Waals surface area contributed by atoms with Crippen molar-refractivity contribution < 1.29 is 4.79 Å². The number of hydrogen-bond donors (Lipinski definition) is 1. The Bertz CT molecular complexity index is 660. The van der Waals surface area contributed by atoms with Crippen molar-refractivity contribution >= 4 is 17.2 Å². The van der Waals surface area contributed by atoms with Gasteiger partial charge in [0.05, 0.1) is 11.0 Å². The molecule has 2 N–H and O–H groups in total. The van der Waals surface area contributed by atoms with Crippen LogP contribution in [0.4, 0.5) is 0 Å². The molecule has 0 fully saturated rings. The number of fused-ring (bicyclic) bond motifs is 1.